The van der Waals surface area contributed by atoms with Gasteiger partial charge in [0.1, 0.15) is 0 Å². The van der Waals surface area contributed by atoms with Crippen LogP contribution in [0.3, 0.4) is 0 Å². The second-order valence-electron chi connectivity index (χ2n) is 12.3. The van der Waals surface area contributed by atoms with E-state index in [0.29, 0.717) is 20.6 Å². The maximum Gasteiger partial charge on any atom is -0.0174 e. The molecule has 0 aliphatic rings. The molecule has 0 heterocycles. The lowest BCUT2D eigenvalue weighted by Gasteiger charge is -2.43. The Morgan fingerprint density at radius 3 is 1.07 bits per heavy atom. The first-order valence-corrected chi connectivity index (χ1v) is 16.1. The van der Waals surface area contributed by atoms with Crippen LogP contribution in [-0.2, 0) is 0 Å². The summed E-state index contributed by atoms with van der Waals surface area (Å²) in [6, 6.07) is 11.5. The second-order valence-corrected chi connectivity index (χ2v) is 22.8. The zero-order valence-corrected chi connectivity index (χ0v) is 24.2. The number of hydrogen-bond acceptors (Lipinski definition) is 0. The molecule has 168 valence electrons. The molecule has 0 saturated heterocycles. The lowest BCUT2D eigenvalue weighted by atomic mass is 10.2. The van der Waals surface area contributed by atoms with Crippen LogP contribution in [0.15, 0.2) is 30.3 Å². The Hall–Kier alpha value is 0.510. The summed E-state index contributed by atoms with van der Waals surface area (Å²) in [5, 5.41) is 3.32. The Kier molecular flexibility index (Phi) is 9.89. The predicted octanol–water partition coefficient (Wildman–Crippen LogP) is 8.95. The summed E-state index contributed by atoms with van der Waals surface area (Å²) >= 11 is 0. The normalized spacial score (nSPS) is 14.3. The molecule has 0 nitrogen and oxygen atoms in total. The van der Waals surface area contributed by atoms with Crippen LogP contribution in [0, 0.1) is 0 Å². The summed E-state index contributed by atoms with van der Waals surface area (Å²) in [4.78, 5) is 0. The molecule has 0 aliphatic carbocycles. The summed E-state index contributed by atoms with van der Waals surface area (Å²) in [7, 11) is -0.108. The fraction of sp³-hybridized carbons (Fsp3) is 0.769. The van der Waals surface area contributed by atoms with Crippen molar-refractivity contribution in [2.45, 2.75) is 104 Å². The van der Waals surface area contributed by atoms with E-state index in [2.05, 4.69) is 113 Å². The minimum absolute atomic E-state index is 0.0153. The smallest absolute Gasteiger partial charge is 0.0174 e. The molecule has 1 rings (SSSR count). The van der Waals surface area contributed by atoms with Gasteiger partial charge >= 0.3 is 0 Å². The minimum atomic E-state index is -0.0770. The van der Waals surface area contributed by atoms with Crippen LogP contribution in [0.5, 0.6) is 0 Å². The molecule has 0 aromatic heterocycles. The SMILES string of the molecule is CC(C)(C)P(CCP(CCP(C(C)(C)C)C(C)(C)C)c1ccccc1)C(C)(C)C. The highest BCUT2D eigenvalue weighted by atomic mass is 31.1. The molecule has 0 bridgehead atoms. The van der Waals surface area contributed by atoms with Gasteiger partial charge in [-0.1, -0.05) is 137 Å². The van der Waals surface area contributed by atoms with Crippen molar-refractivity contribution in [2.75, 3.05) is 24.6 Å². The molecule has 1 aromatic rings. The third-order valence-electron chi connectivity index (χ3n) is 5.55. The van der Waals surface area contributed by atoms with Gasteiger partial charge in [-0.3, -0.25) is 0 Å². The Bertz CT molecular complexity index is 530. The van der Waals surface area contributed by atoms with Crippen LogP contribution < -0.4 is 5.30 Å². The third kappa shape index (κ3) is 9.26. The summed E-state index contributed by atoms with van der Waals surface area (Å²) in [5.41, 5.74) is 0. The van der Waals surface area contributed by atoms with Crippen molar-refractivity contribution < 1.29 is 0 Å². The fourth-order valence-corrected chi connectivity index (χ4v) is 16.4. The fourth-order valence-electron chi connectivity index (χ4n) is 4.80. The van der Waals surface area contributed by atoms with Gasteiger partial charge in [0, 0.05) is 0 Å². The molecular formula is C26H49P3. The molecule has 0 spiro atoms. The van der Waals surface area contributed by atoms with Crippen LogP contribution in [0.25, 0.3) is 0 Å². The van der Waals surface area contributed by atoms with Crippen LogP contribution in [0.2, 0.25) is 0 Å². The first kappa shape index (κ1) is 27.5. The molecule has 0 atom stereocenters. The number of hydrogen-bond donors (Lipinski definition) is 0. The third-order valence-corrected chi connectivity index (χ3v) is 16.6. The standard InChI is InChI=1S/C26H49P3/c1-23(2,3)28(24(4,5)6)20-18-27(22-16-14-13-15-17-22)19-21-29(25(7,8)9)26(10,11)12/h13-17H,18-21H2,1-12H3. The number of benzene rings is 1. The van der Waals surface area contributed by atoms with Crippen LogP contribution in [-0.4, -0.2) is 45.3 Å². The second kappa shape index (κ2) is 10.4. The number of rotatable bonds is 7. The molecule has 29 heavy (non-hydrogen) atoms. The van der Waals surface area contributed by atoms with Crippen LogP contribution in [0.1, 0.15) is 83.1 Å². The molecule has 0 radical (unpaired) electrons. The van der Waals surface area contributed by atoms with E-state index in [9.17, 15) is 0 Å². The van der Waals surface area contributed by atoms with Crippen molar-refractivity contribution in [3.05, 3.63) is 30.3 Å². The van der Waals surface area contributed by atoms with E-state index >= 15 is 0 Å². The Labute approximate surface area is 187 Å². The molecule has 0 N–H and O–H groups in total. The van der Waals surface area contributed by atoms with Gasteiger partial charge in [0.25, 0.3) is 0 Å². The van der Waals surface area contributed by atoms with Gasteiger partial charge in [0.15, 0.2) is 0 Å². The predicted molar refractivity (Wildman–Crippen MR) is 145 cm³/mol. The van der Waals surface area contributed by atoms with Crippen molar-refractivity contribution in [1.29, 1.82) is 0 Å². The van der Waals surface area contributed by atoms with Crippen molar-refractivity contribution in [3.8, 4) is 0 Å². The van der Waals surface area contributed by atoms with Gasteiger partial charge in [-0.25, -0.2) is 0 Å². The van der Waals surface area contributed by atoms with E-state index in [1.807, 2.05) is 0 Å². The average Bonchev–Trinajstić information content (AvgIpc) is 2.49. The van der Waals surface area contributed by atoms with E-state index in [1.54, 1.807) is 5.30 Å². The van der Waals surface area contributed by atoms with E-state index in [1.165, 1.54) is 24.6 Å². The van der Waals surface area contributed by atoms with Gasteiger partial charge in [-0.05, 0) is 50.6 Å². The Balaban J connectivity index is 3.05. The van der Waals surface area contributed by atoms with E-state index < -0.39 is 0 Å². The molecule has 3 heteroatoms. The van der Waals surface area contributed by atoms with E-state index in [4.69, 9.17) is 0 Å². The monoisotopic (exact) mass is 454 g/mol. The molecule has 1 aromatic carbocycles. The molecule has 0 amide bonds. The van der Waals surface area contributed by atoms with Crippen LogP contribution in [0.4, 0.5) is 0 Å². The zero-order valence-electron chi connectivity index (χ0n) is 21.6. The van der Waals surface area contributed by atoms with Gasteiger partial charge in [-0.15, -0.1) is 0 Å². The summed E-state index contributed by atoms with van der Waals surface area (Å²) in [6.07, 6.45) is 5.62. The van der Waals surface area contributed by atoms with Crippen LogP contribution >= 0.6 is 23.8 Å². The maximum absolute atomic E-state index is 2.47. The average molecular weight is 455 g/mol. The van der Waals surface area contributed by atoms with Gasteiger partial charge in [-0.2, -0.15) is 0 Å². The molecule has 0 saturated carbocycles. The lowest BCUT2D eigenvalue weighted by molar-refractivity contribution is 0.705. The highest BCUT2D eigenvalue weighted by Crippen LogP contribution is 2.62. The van der Waals surface area contributed by atoms with Gasteiger partial charge in [0.2, 0.25) is 0 Å². The molecule has 0 unspecified atom stereocenters. The van der Waals surface area contributed by atoms with Gasteiger partial charge in [0.05, 0.1) is 0 Å². The van der Waals surface area contributed by atoms with Gasteiger partial charge < -0.3 is 0 Å². The first-order valence-electron chi connectivity index (χ1n) is 11.3. The van der Waals surface area contributed by atoms with Crippen molar-refractivity contribution >= 4 is 29.1 Å². The summed E-state index contributed by atoms with van der Waals surface area (Å²) < 4.78 is 0. The molecule has 0 fully saturated rings. The summed E-state index contributed by atoms with van der Waals surface area (Å²) in [5.74, 6) is 0. The molecule has 0 aliphatic heterocycles. The Morgan fingerprint density at radius 2 is 0.793 bits per heavy atom. The van der Waals surface area contributed by atoms with Crippen molar-refractivity contribution in [3.63, 3.8) is 0 Å². The summed E-state index contributed by atoms with van der Waals surface area (Å²) in [6.45, 7) is 29.6. The topological polar surface area (TPSA) is 0 Å². The van der Waals surface area contributed by atoms with E-state index in [0.717, 1.165) is 0 Å². The lowest BCUT2D eigenvalue weighted by Crippen LogP contribution is -2.29. The minimum Gasteiger partial charge on any atom is -0.0953 e. The van der Waals surface area contributed by atoms with E-state index in [-0.39, 0.29) is 23.8 Å². The van der Waals surface area contributed by atoms with Crippen molar-refractivity contribution in [2.24, 2.45) is 0 Å². The van der Waals surface area contributed by atoms with Crippen molar-refractivity contribution in [1.82, 2.24) is 0 Å². The quantitative estimate of drug-likeness (QED) is 0.361. The first-order chi connectivity index (χ1) is 12.9. The highest BCUT2D eigenvalue weighted by Gasteiger charge is 2.36. The maximum atomic E-state index is 2.47. The highest BCUT2D eigenvalue weighted by molar-refractivity contribution is 7.69. The molecular weight excluding hydrogens is 405 g/mol. The Morgan fingerprint density at radius 1 is 0.483 bits per heavy atom. The zero-order chi connectivity index (χ0) is 22.7. The largest absolute Gasteiger partial charge is 0.0953 e.